The van der Waals surface area contributed by atoms with Crippen LogP contribution in [0.5, 0.6) is 0 Å². The summed E-state index contributed by atoms with van der Waals surface area (Å²) < 4.78 is 5.86. The summed E-state index contributed by atoms with van der Waals surface area (Å²) in [6.45, 7) is 4.22. The Bertz CT molecular complexity index is 881. The van der Waals surface area contributed by atoms with Crippen molar-refractivity contribution in [2.75, 3.05) is 0 Å². The van der Waals surface area contributed by atoms with E-state index in [0.29, 0.717) is 0 Å². The molecule has 0 radical (unpaired) electrons. The Kier molecular flexibility index (Phi) is 3.86. The van der Waals surface area contributed by atoms with E-state index in [1.807, 2.05) is 13.0 Å². The Morgan fingerprint density at radius 2 is 1.79 bits per heavy atom. The van der Waals surface area contributed by atoms with Crippen molar-refractivity contribution in [1.82, 2.24) is 0 Å². The standard InChI is InChI=1S/C23H22O/c1-3-5-17-9-11-18(12-10-17)19-6-4-7-20-21(19)13-14-22(20)23-15-8-16(2)24-23/h4,6-15,22H,3,5H2,1-2H3. The third-order valence-electron chi connectivity index (χ3n) is 4.80. The molecule has 0 fully saturated rings. The van der Waals surface area contributed by atoms with E-state index >= 15 is 0 Å². The van der Waals surface area contributed by atoms with Gasteiger partial charge in [0.2, 0.25) is 0 Å². The summed E-state index contributed by atoms with van der Waals surface area (Å²) in [6.07, 6.45) is 6.82. The average molecular weight is 314 g/mol. The van der Waals surface area contributed by atoms with Crippen LogP contribution in [0.1, 0.15) is 47.5 Å². The number of hydrogen-bond acceptors (Lipinski definition) is 1. The summed E-state index contributed by atoms with van der Waals surface area (Å²) in [5, 5.41) is 0. The smallest absolute Gasteiger partial charge is 0.115 e. The molecule has 1 heteroatoms. The number of furan rings is 1. The van der Waals surface area contributed by atoms with Gasteiger partial charge in [0, 0.05) is 0 Å². The molecule has 1 aliphatic rings. The second kappa shape index (κ2) is 6.16. The quantitative estimate of drug-likeness (QED) is 0.545. The molecule has 0 saturated heterocycles. The van der Waals surface area contributed by atoms with E-state index in [9.17, 15) is 0 Å². The van der Waals surface area contributed by atoms with Crippen molar-refractivity contribution >= 4 is 6.08 Å². The van der Waals surface area contributed by atoms with E-state index in [2.05, 4.69) is 67.6 Å². The third-order valence-corrected chi connectivity index (χ3v) is 4.80. The molecule has 0 spiro atoms. The van der Waals surface area contributed by atoms with Crippen LogP contribution in [-0.4, -0.2) is 0 Å². The van der Waals surface area contributed by atoms with Gasteiger partial charge in [-0.05, 0) is 53.3 Å². The lowest BCUT2D eigenvalue weighted by Gasteiger charge is -2.12. The van der Waals surface area contributed by atoms with Crippen LogP contribution >= 0.6 is 0 Å². The summed E-state index contributed by atoms with van der Waals surface area (Å²) in [6, 6.07) is 19.7. The second-order valence-corrected chi connectivity index (χ2v) is 6.54. The Balaban J connectivity index is 1.72. The summed E-state index contributed by atoms with van der Waals surface area (Å²) in [7, 11) is 0. The Morgan fingerprint density at radius 3 is 2.50 bits per heavy atom. The van der Waals surface area contributed by atoms with E-state index in [-0.39, 0.29) is 5.92 Å². The van der Waals surface area contributed by atoms with Gasteiger partial charge in [0.05, 0.1) is 5.92 Å². The highest BCUT2D eigenvalue weighted by Gasteiger charge is 2.23. The van der Waals surface area contributed by atoms with Crippen LogP contribution in [0.25, 0.3) is 17.2 Å². The predicted octanol–water partition coefficient (Wildman–Crippen LogP) is 6.37. The molecule has 3 aromatic rings. The fourth-order valence-corrected chi connectivity index (χ4v) is 3.60. The topological polar surface area (TPSA) is 13.1 Å². The van der Waals surface area contributed by atoms with Crippen molar-refractivity contribution in [2.45, 2.75) is 32.6 Å². The zero-order valence-electron chi connectivity index (χ0n) is 14.3. The lowest BCUT2D eigenvalue weighted by Crippen LogP contribution is -1.95. The Morgan fingerprint density at radius 1 is 0.958 bits per heavy atom. The lowest BCUT2D eigenvalue weighted by molar-refractivity contribution is 0.482. The van der Waals surface area contributed by atoms with E-state index in [1.165, 1.54) is 34.2 Å². The fourth-order valence-electron chi connectivity index (χ4n) is 3.60. The summed E-state index contributed by atoms with van der Waals surface area (Å²) in [5.74, 6) is 2.22. The molecule has 0 aliphatic heterocycles. The second-order valence-electron chi connectivity index (χ2n) is 6.54. The van der Waals surface area contributed by atoms with Crippen molar-refractivity contribution < 1.29 is 4.42 Å². The van der Waals surface area contributed by atoms with Gasteiger partial charge in [-0.2, -0.15) is 0 Å². The van der Waals surface area contributed by atoms with Gasteiger partial charge in [-0.3, -0.25) is 0 Å². The largest absolute Gasteiger partial charge is 0.465 e. The number of fused-ring (bicyclic) bond motifs is 1. The maximum Gasteiger partial charge on any atom is 0.115 e. The maximum absolute atomic E-state index is 5.86. The van der Waals surface area contributed by atoms with E-state index in [0.717, 1.165) is 17.9 Å². The number of aryl methyl sites for hydroxylation is 2. The first-order valence-electron chi connectivity index (χ1n) is 8.73. The molecule has 1 aliphatic carbocycles. The van der Waals surface area contributed by atoms with Gasteiger partial charge in [0.25, 0.3) is 0 Å². The summed E-state index contributed by atoms with van der Waals surface area (Å²) in [4.78, 5) is 0. The monoisotopic (exact) mass is 314 g/mol. The van der Waals surface area contributed by atoms with Crippen LogP contribution in [0.3, 0.4) is 0 Å². The van der Waals surface area contributed by atoms with Gasteiger partial charge in [-0.15, -0.1) is 0 Å². The van der Waals surface area contributed by atoms with E-state index in [1.54, 1.807) is 0 Å². The number of hydrogen-bond donors (Lipinski definition) is 0. The van der Waals surface area contributed by atoms with Crippen LogP contribution in [0.4, 0.5) is 0 Å². The van der Waals surface area contributed by atoms with Crippen molar-refractivity contribution in [3.63, 3.8) is 0 Å². The minimum atomic E-state index is 0.230. The molecular formula is C23H22O. The highest BCUT2D eigenvalue weighted by Crippen LogP contribution is 2.40. The van der Waals surface area contributed by atoms with Gasteiger partial charge in [0.15, 0.2) is 0 Å². The zero-order chi connectivity index (χ0) is 16.5. The minimum Gasteiger partial charge on any atom is -0.465 e. The first kappa shape index (κ1) is 15.0. The highest BCUT2D eigenvalue weighted by molar-refractivity contribution is 5.81. The fraction of sp³-hybridized carbons (Fsp3) is 0.217. The molecule has 0 saturated carbocycles. The van der Waals surface area contributed by atoms with Crippen molar-refractivity contribution in [1.29, 1.82) is 0 Å². The number of rotatable bonds is 4. The Labute approximate surface area is 143 Å². The number of benzene rings is 2. The van der Waals surface area contributed by atoms with Crippen molar-refractivity contribution in [3.05, 3.63) is 88.9 Å². The molecule has 1 aromatic heterocycles. The molecule has 0 bridgehead atoms. The summed E-state index contributed by atoms with van der Waals surface area (Å²) >= 11 is 0. The maximum atomic E-state index is 5.86. The minimum absolute atomic E-state index is 0.230. The van der Waals surface area contributed by atoms with Gasteiger partial charge in [0.1, 0.15) is 11.5 Å². The number of allylic oxidation sites excluding steroid dienone is 1. The van der Waals surface area contributed by atoms with Crippen LogP contribution in [0, 0.1) is 6.92 Å². The molecule has 2 aromatic carbocycles. The van der Waals surface area contributed by atoms with Gasteiger partial charge < -0.3 is 4.42 Å². The zero-order valence-corrected chi connectivity index (χ0v) is 14.3. The SMILES string of the molecule is CCCc1ccc(-c2cccc3c2C=CC3c2ccc(C)o2)cc1. The van der Waals surface area contributed by atoms with E-state index < -0.39 is 0 Å². The van der Waals surface area contributed by atoms with Gasteiger partial charge in [-0.1, -0.05) is 68.0 Å². The molecule has 1 heterocycles. The average Bonchev–Trinajstić information content (AvgIpc) is 3.21. The van der Waals surface area contributed by atoms with Crippen LogP contribution in [0.2, 0.25) is 0 Å². The normalized spacial score (nSPS) is 15.7. The molecule has 0 amide bonds. The van der Waals surface area contributed by atoms with Crippen LogP contribution in [-0.2, 0) is 6.42 Å². The predicted molar refractivity (Wildman–Crippen MR) is 100 cm³/mol. The Hall–Kier alpha value is -2.54. The molecule has 1 unspecified atom stereocenters. The first-order valence-corrected chi connectivity index (χ1v) is 8.73. The lowest BCUT2D eigenvalue weighted by atomic mass is 9.92. The summed E-state index contributed by atoms with van der Waals surface area (Å²) in [5.41, 5.74) is 6.65. The molecule has 24 heavy (non-hydrogen) atoms. The molecule has 1 nitrogen and oxygen atoms in total. The molecule has 120 valence electrons. The van der Waals surface area contributed by atoms with Gasteiger partial charge >= 0.3 is 0 Å². The first-order chi connectivity index (χ1) is 11.8. The third kappa shape index (κ3) is 2.60. The van der Waals surface area contributed by atoms with Crippen molar-refractivity contribution in [2.24, 2.45) is 0 Å². The van der Waals surface area contributed by atoms with E-state index in [4.69, 9.17) is 4.42 Å². The molecule has 0 N–H and O–H groups in total. The molecule has 4 rings (SSSR count). The van der Waals surface area contributed by atoms with Gasteiger partial charge in [-0.25, -0.2) is 0 Å². The molecule has 1 atom stereocenters. The van der Waals surface area contributed by atoms with Crippen LogP contribution < -0.4 is 0 Å². The highest BCUT2D eigenvalue weighted by atomic mass is 16.3. The van der Waals surface area contributed by atoms with Crippen molar-refractivity contribution in [3.8, 4) is 11.1 Å². The van der Waals surface area contributed by atoms with Crippen LogP contribution in [0.15, 0.2) is 65.1 Å². The molecular weight excluding hydrogens is 292 g/mol.